The molecule has 0 bridgehead atoms. The van der Waals surface area contributed by atoms with Crippen LogP contribution in [0, 0.1) is 11.3 Å². The minimum absolute atomic E-state index is 0.201. The van der Waals surface area contributed by atoms with E-state index in [9.17, 15) is 14.7 Å². The Morgan fingerprint density at radius 1 is 1.26 bits per heavy atom. The monoisotopic (exact) mass is 270 g/mol. The van der Waals surface area contributed by atoms with Crippen LogP contribution < -0.4 is 11.1 Å². The molecule has 0 saturated heterocycles. The quantitative estimate of drug-likeness (QED) is 0.682. The maximum atomic E-state index is 11.9. The van der Waals surface area contributed by atoms with Gasteiger partial charge in [0, 0.05) is 6.54 Å². The van der Waals surface area contributed by atoms with Crippen LogP contribution in [-0.2, 0) is 9.59 Å². The van der Waals surface area contributed by atoms with E-state index in [1.807, 2.05) is 13.8 Å². The van der Waals surface area contributed by atoms with Crippen LogP contribution in [-0.4, -0.2) is 29.6 Å². The number of carboxylic acids is 1. The Hall–Kier alpha value is -1.10. The summed E-state index contributed by atoms with van der Waals surface area (Å²) in [4.78, 5) is 23.3. The molecule has 1 aliphatic carbocycles. The summed E-state index contributed by atoms with van der Waals surface area (Å²) in [5.74, 6) is -0.686. The largest absolute Gasteiger partial charge is 0.481 e. The number of hydrogen-bond donors (Lipinski definition) is 3. The molecule has 1 atom stereocenters. The number of aliphatic carboxylic acids is 1. The van der Waals surface area contributed by atoms with E-state index in [1.165, 1.54) is 0 Å². The van der Waals surface area contributed by atoms with E-state index in [0.29, 0.717) is 25.2 Å². The normalized spacial score (nSPS) is 20.0. The lowest BCUT2D eigenvalue weighted by atomic mass is 9.74. The van der Waals surface area contributed by atoms with Crippen molar-refractivity contribution in [3.05, 3.63) is 0 Å². The Labute approximate surface area is 114 Å². The average molecular weight is 270 g/mol. The van der Waals surface area contributed by atoms with Gasteiger partial charge in [-0.2, -0.15) is 0 Å². The van der Waals surface area contributed by atoms with E-state index in [0.717, 1.165) is 19.3 Å². The van der Waals surface area contributed by atoms with Crippen LogP contribution in [0.3, 0.4) is 0 Å². The van der Waals surface area contributed by atoms with E-state index in [4.69, 9.17) is 5.73 Å². The zero-order chi connectivity index (χ0) is 14.5. The van der Waals surface area contributed by atoms with E-state index >= 15 is 0 Å². The SMILES string of the molecule is CC(C)C[C@@H](N)C(=O)NCC1(C(=O)O)CCCCC1. The van der Waals surface area contributed by atoms with Crippen LogP contribution in [0.15, 0.2) is 0 Å². The van der Waals surface area contributed by atoms with Gasteiger partial charge >= 0.3 is 5.97 Å². The molecule has 0 heterocycles. The Kier molecular flexibility index (Phi) is 5.79. The van der Waals surface area contributed by atoms with E-state index < -0.39 is 17.4 Å². The average Bonchev–Trinajstić information content (AvgIpc) is 2.36. The third kappa shape index (κ3) is 4.49. The topological polar surface area (TPSA) is 92.4 Å². The van der Waals surface area contributed by atoms with Crippen LogP contribution in [0.4, 0.5) is 0 Å². The van der Waals surface area contributed by atoms with Crippen LogP contribution >= 0.6 is 0 Å². The predicted octanol–water partition coefficient (Wildman–Crippen LogP) is 1.51. The van der Waals surface area contributed by atoms with E-state index in [2.05, 4.69) is 5.32 Å². The summed E-state index contributed by atoms with van der Waals surface area (Å²) in [6, 6.07) is -0.547. The smallest absolute Gasteiger partial charge is 0.311 e. The van der Waals surface area contributed by atoms with Crippen LogP contribution in [0.25, 0.3) is 0 Å². The van der Waals surface area contributed by atoms with Crippen LogP contribution in [0.1, 0.15) is 52.4 Å². The summed E-state index contributed by atoms with van der Waals surface area (Å²) in [5, 5.41) is 12.1. The van der Waals surface area contributed by atoms with Gasteiger partial charge in [-0.1, -0.05) is 33.1 Å². The Morgan fingerprint density at radius 3 is 2.32 bits per heavy atom. The molecule has 1 fully saturated rings. The van der Waals surface area contributed by atoms with Crippen LogP contribution in [0.2, 0.25) is 0 Å². The number of carbonyl (C=O) groups excluding carboxylic acids is 1. The Bertz CT molecular complexity index is 323. The molecule has 4 N–H and O–H groups in total. The molecule has 0 spiro atoms. The molecule has 5 nitrogen and oxygen atoms in total. The van der Waals surface area contributed by atoms with Crippen molar-refractivity contribution in [3.63, 3.8) is 0 Å². The maximum Gasteiger partial charge on any atom is 0.311 e. The number of nitrogens with one attached hydrogen (secondary N) is 1. The fourth-order valence-electron chi connectivity index (χ4n) is 2.70. The summed E-state index contributed by atoms with van der Waals surface area (Å²) >= 11 is 0. The number of hydrogen-bond acceptors (Lipinski definition) is 3. The van der Waals surface area contributed by atoms with E-state index in [1.54, 1.807) is 0 Å². The van der Waals surface area contributed by atoms with Gasteiger partial charge in [0.2, 0.25) is 5.91 Å². The second-order valence-corrected chi connectivity index (χ2v) is 6.10. The summed E-state index contributed by atoms with van der Waals surface area (Å²) in [6.07, 6.45) is 4.81. The molecule has 0 aromatic rings. The lowest BCUT2D eigenvalue weighted by molar-refractivity contribution is -0.151. The molecule has 1 saturated carbocycles. The number of rotatable bonds is 6. The molecule has 19 heavy (non-hydrogen) atoms. The highest BCUT2D eigenvalue weighted by molar-refractivity contribution is 5.82. The van der Waals surface area contributed by atoms with Crippen molar-refractivity contribution in [3.8, 4) is 0 Å². The molecule has 110 valence electrons. The first-order valence-corrected chi connectivity index (χ1v) is 7.14. The van der Waals surface area contributed by atoms with Gasteiger partial charge in [0.05, 0.1) is 11.5 Å². The van der Waals surface area contributed by atoms with Crippen molar-refractivity contribution in [2.45, 2.75) is 58.4 Å². The maximum absolute atomic E-state index is 11.9. The van der Waals surface area contributed by atoms with Crippen molar-refractivity contribution in [2.75, 3.05) is 6.54 Å². The second-order valence-electron chi connectivity index (χ2n) is 6.10. The first kappa shape index (κ1) is 16.0. The van der Waals surface area contributed by atoms with Crippen molar-refractivity contribution in [1.82, 2.24) is 5.32 Å². The zero-order valence-corrected chi connectivity index (χ0v) is 11.9. The Balaban J connectivity index is 2.52. The van der Waals surface area contributed by atoms with Crippen molar-refractivity contribution >= 4 is 11.9 Å². The fourth-order valence-corrected chi connectivity index (χ4v) is 2.70. The van der Waals surface area contributed by atoms with Gasteiger partial charge in [-0.3, -0.25) is 9.59 Å². The Morgan fingerprint density at radius 2 is 1.84 bits per heavy atom. The summed E-state index contributed by atoms with van der Waals surface area (Å²) in [7, 11) is 0. The van der Waals surface area contributed by atoms with Crippen molar-refractivity contribution in [2.24, 2.45) is 17.1 Å². The molecule has 0 radical (unpaired) electrons. The standard InChI is InChI=1S/C14H26N2O3/c1-10(2)8-11(15)12(17)16-9-14(13(18)19)6-4-3-5-7-14/h10-11H,3-9,15H2,1-2H3,(H,16,17)(H,18,19)/t11-/m1/s1. The van der Waals surface area contributed by atoms with Gasteiger partial charge in [-0.15, -0.1) is 0 Å². The summed E-state index contributed by atoms with van der Waals surface area (Å²) < 4.78 is 0. The van der Waals surface area contributed by atoms with Gasteiger partial charge in [-0.05, 0) is 25.2 Å². The molecule has 0 aromatic carbocycles. The highest BCUT2D eigenvalue weighted by Gasteiger charge is 2.40. The third-order valence-electron chi connectivity index (χ3n) is 3.93. The highest BCUT2D eigenvalue weighted by Crippen LogP contribution is 2.36. The summed E-state index contributed by atoms with van der Waals surface area (Å²) in [5.41, 5.74) is 5.01. The first-order chi connectivity index (χ1) is 8.87. The molecular weight excluding hydrogens is 244 g/mol. The molecular formula is C14H26N2O3. The van der Waals surface area contributed by atoms with Gasteiger partial charge < -0.3 is 16.2 Å². The highest BCUT2D eigenvalue weighted by atomic mass is 16.4. The third-order valence-corrected chi connectivity index (χ3v) is 3.93. The van der Waals surface area contributed by atoms with E-state index in [-0.39, 0.29) is 12.5 Å². The first-order valence-electron chi connectivity index (χ1n) is 7.14. The lowest BCUT2D eigenvalue weighted by Gasteiger charge is -2.33. The van der Waals surface area contributed by atoms with Crippen LogP contribution in [0.5, 0.6) is 0 Å². The summed E-state index contributed by atoms with van der Waals surface area (Å²) in [6.45, 7) is 4.22. The zero-order valence-electron chi connectivity index (χ0n) is 11.9. The molecule has 1 amide bonds. The second kappa shape index (κ2) is 6.89. The van der Waals surface area contributed by atoms with Gasteiger partial charge in [-0.25, -0.2) is 0 Å². The lowest BCUT2D eigenvalue weighted by Crippen LogP contribution is -2.49. The molecule has 0 aromatic heterocycles. The minimum Gasteiger partial charge on any atom is -0.481 e. The van der Waals surface area contributed by atoms with Crippen molar-refractivity contribution in [1.29, 1.82) is 0 Å². The molecule has 0 aliphatic heterocycles. The number of carboxylic acid groups (broad SMARTS) is 1. The molecule has 0 unspecified atom stereocenters. The van der Waals surface area contributed by atoms with Gasteiger partial charge in [0.25, 0.3) is 0 Å². The fraction of sp³-hybridized carbons (Fsp3) is 0.857. The van der Waals surface area contributed by atoms with Crippen molar-refractivity contribution < 1.29 is 14.7 Å². The van der Waals surface area contributed by atoms with Gasteiger partial charge in [0.1, 0.15) is 0 Å². The minimum atomic E-state index is -0.801. The molecule has 1 aliphatic rings. The van der Waals surface area contributed by atoms with Gasteiger partial charge in [0.15, 0.2) is 0 Å². The number of nitrogens with two attached hydrogens (primary N) is 1. The molecule has 1 rings (SSSR count). The number of amides is 1. The number of carbonyl (C=O) groups is 2. The molecule has 5 heteroatoms. The predicted molar refractivity (Wildman–Crippen MR) is 73.6 cm³/mol.